The molecular formula is C28H39F3N6O4. The smallest absolute Gasteiger partial charge is 0.416 e. The molecular weight excluding hydrogens is 541 g/mol. The zero-order chi connectivity index (χ0) is 30.4. The summed E-state index contributed by atoms with van der Waals surface area (Å²) < 4.78 is 44.6. The third-order valence-corrected chi connectivity index (χ3v) is 6.90. The maximum absolute atomic E-state index is 13.1. The minimum Gasteiger partial charge on any atom is -0.444 e. The van der Waals surface area contributed by atoms with Crippen molar-refractivity contribution < 1.29 is 32.6 Å². The monoisotopic (exact) mass is 580 g/mol. The summed E-state index contributed by atoms with van der Waals surface area (Å²) in [5.41, 5.74) is 3.30. The highest BCUT2D eigenvalue weighted by molar-refractivity contribution is 5.94. The summed E-state index contributed by atoms with van der Waals surface area (Å²) in [5, 5.41) is 24.1. The number of hydrogen-bond acceptors (Lipinski definition) is 7. The number of hydrazine groups is 1. The number of benzene rings is 1. The van der Waals surface area contributed by atoms with E-state index in [4.69, 9.17) is 4.74 Å². The number of aliphatic hydroxyl groups is 1. The molecule has 5 N–H and O–H groups in total. The fraction of sp³-hybridized carbons (Fsp3) is 0.536. The van der Waals surface area contributed by atoms with Gasteiger partial charge < -0.3 is 20.5 Å². The second-order valence-electron chi connectivity index (χ2n) is 11.2. The van der Waals surface area contributed by atoms with Crippen molar-refractivity contribution in [3.05, 3.63) is 59.8 Å². The number of amides is 2. The van der Waals surface area contributed by atoms with Gasteiger partial charge in [0.25, 0.3) is 5.91 Å². The number of halogens is 3. The molecule has 2 aromatic rings. The van der Waals surface area contributed by atoms with Crippen molar-refractivity contribution in [1.29, 1.82) is 0 Å². The van der Waals surface area contributed by atoms with E-state index < -0.39 is 47.4 Å². The van der Waals surface area contributed by atoms with Crippen LogP contribution in [0.25, 0.3) is 0 Å². The lowest BCUT2D eigenvalue weighted by Gasteiger charge is -2.34. The Kier molecular flexibility index (Phi) is 10.6. The molecule has 226 valence electrons. The maximum Gasteiger partial charge on any atom is 0.416 e. The first-order valence-electron chi connectivity index (χ1n) is 13.5. The molecule has 1 aromatic carbocycles. The number of rotatable bonds is 11. The van der Waals surface area contributed by atoms with Crippen LogP contribution >= 0.6 is 0 Å². The molecule has 0 aliphatic carbocycles. The van der Waals surface area contributed by atoms with Gasteiger partial charge in [0.05, 0.1) is 24.3 Å². The Balaban J connectivity index is 1.64. The molecule has 0 bridgehead atoms. The predicted molar refractivity (Wildman–Crippen MR) is 147 cm³/mol. The number of nitrogens with one attached hydrogen (secondary N) is 4. The average molecular weight is 581 g/mol. The Hall–Kier alpha value is -3.42. The standard InChI is InChI=1S/C28H39F3N6O4/c1-6-7-17(2)23(24(38)25(39)33-22-12-14-32-35-22)34-26(40)41-21(27(3,4)5)16-37-15-13-20(36-37)18-8-10-19(11-9-18)28(29,30)31/h8-12,14,20-21,23-24,36,38H,2,6-7,13,15-16H2,1,3-5H3,(H,34,40)(H2,32,33,35,39)/t20?,21-,23+,24-/m1/s1. The lowest BCUT2D eigenvalue weighted by atomic mass is 9.89. The SMILES string of the molecule is C=C(CCC)[C@H](NC(=O)O[C@H](CN1CCC(c2ccc(C(F)(F)F)cc2)N1)C(C)(C)C)[C@@H](O)C(=O)Nc1ccn[nH]1. The Labute approximate surface area is 237 Å². The number of aliphatic hydroxyl groups excluding tert-OH is 1. The van der Waals surface area contributed by atoms with Gasteiger partial charge in [0.15, 0.2) is 6.10 Å². The zero-order valence-electron chi connectivity index (χ0n) is 23.7. The van der Waals surface area contributed by atoms with Crippen LogP contribution in [0.1, 0.15) is 64.1 Å². The highest BCUT2D eigenvalue weighted by atomic mass is 19.4. The molecule has 1 fully saturated rings. The van der Waals surface area contributed by atoms with Crippen molar-refractivity contribution in [1.82, 2.24) is 25.9 Å². The molecule has 0 spiro atoms. The van der Waals surface area contributed by atoms with Gasteiger partial charge in [-0.2, -0.15) is 18.3 Å². The number of aromatic amines is 1. The summed E-state index contributed by atoms with van der Waals surface area (Å²) in [6.07, 6.45) is -4.22. The molecule has 41 heavy (non-hydrogen) atoms. The third-order valence-electron chi connectivity index (χ3n) is 6.90. The van der Waals surface area contributed by atoms with Gasteiger partial charge in [-0.25, -0.2) is 15.2 Å². The summed E-state index contributed by atoms with van der Waals surface area (Å²) in [4.78, 5) is 25.7. The number of carbonyl (C=O) groups excluding carboxylic acids is 2. The summed E-state index contributed by atoms with van der Waals surface area (Å²) in [6, 6.07) is 5.30. The zero-order valence-corrected chi connectivity index (χ0v) is 23.7. The Bertz CT molecular complexity index is 1160. The molecule has 0 radical (unpaired) electrons. The lowest BCUT2D eigenvalue weighted by molar-refractivity contribution is -0.137. The largest absolute Gasteiger partial charge is 0.444 e. The molecule has 1 aromatic heterocycles. The van der Waals surface area contributed by atoms with Gasteiger partial charge in [-0.15, -0.1) is 0 Å². The Morgan fingerprint density at radius 1 is 1.22 bits per heavy atom. The lowest BCUT2D eigenvalue weighted by Crippen LogP contribution is -2.52. The van der Waals surface area contributed by atoms with Crippen LogP contribution in [0.3, 0.4) is 0 Å². The Morgan fingerprint density at radius 2 is 1.90 bits per heavy atom. The second kappa shape index (κ2) is 13.5. The first-order chi connectivity index (χ1) is 19.2. The van der Waals surface area contributed by atoms with Crippen LogP contribution in [-0.4, -0.2) is 63.7 Å². The predicted octanol–water partition coefficient (Wildman–Crippen LogP) is 4.55. The molecule has 1 saturated heterocycles. The van der Waals surface area contributed by atoms with Crippen LogP contribution in [-0.2, 0) is 15.7 Å². The van der Waals surface area contributed by atoms with Crippen LogP contribution in [0.5, 0.6) is 0 Å². The molecule has 10 nitrogen and oxygen atoms in total. The molecule has 2 amide bonds. The van der Waals surface area contributed by atoms with Crippen LogP contribution in [0, 0.1) is 5.41 Å². The fourth-order valence-electron chi connectivity index (χ4n) is 4.47. The number of aromatic nitrogens is 2. The number of nitrogens with zero attached hydrogens (tertiary/aromatic N) is 2. The normalized spacial score (nSPS) is 18.4. The quantitative estimate of drug-likeness (QED) is 0.247. The van der Waals surface area contributed by atoms with Gasteiger partial charge in [0.2, 0.25) is 0 Å². The van der Waals surface area contributed by atoms with E-state index >= 15 is 0 Å². The van der Waals surface area contributed by atoms with Gasteiger partial charge in [-0.3, -0.25) is 9.89 Å². The van der Waals surface area contributed by atoms with E-state index in [0.29, 0.717) is 37.9 Å². The molecule has 4 atom stereocenters. The summed E-state index contributed by atoms with van der Waals surface area (Å²) in [6.45, 7) is 12.5. The van der Waals surface area contributed by atoms with Gasteiger partial charge in [0, 0.05) is 24.1 Å². The van der Waals surface area contributed by atoms with Crippen LogP contribution < -0.4 is 16.1 Å². The molecule has 1 aliphatic heterocycles. The molecule has 1 unspecified atom stereocenters. The highest BCUT2D eigenvalue weighted by Crippen LogP contribution is 2.32. The number of alkyl halides is 3. The number of anilines is 1. The van der Waals surface area contributed by atoms with Crippen molar-refractivity contribution in [3.63, 3.8) is 0 Å². The minimum atomic E-state index is -4.40. The van der Waals surface area contributed by atoms with Crippen molar-refractivity contribution in [2.24, 2.45) is 5.41 Å². The van der Waals surface area contributed by atoms with Crippen molar-refractivity contribution >= 4 is 17.8 Å². The molecule has 2 heterocycles. The van der Waals surface area contributed by atoms with E-state index in [2.05, 4.69) is 32.8 Å². The number of alkyl carbamates (subject to hydrolysis) is 1. The van der Waals surface area contributed by atoms with Gasteiger partial charge >= 0.3 is 12.3 Å². The van der Waals surface area contributed by atoms with E-state index in [1.54, 1.807) is 0 Å². The van der Waals surface area contributed by atoms with E-state index in [9.17, 15) is 27.9 Å². The molecule has 13 heteroatoms. The van der Waals surface area contributed by atoms with E-state index in [1.165, 1.54) is 24.4 Å². The van der Waals surface area contributed by atoms with Gasteiger partial charge in [-0.05, 0) is 30.5 Å². The number of carbonyl (C=O) groups is 2. The van der Waals surface area contributed by atoms with Gasteiger partial charge in [0.1, 0.15) is 11.9 Å². The summed E-state index contributed by atoms with van der Waals surface area (Å²) >= 11 is 0. The average Bonchev–Trinajstić information content (AvgIpc) is 3.58. The summed E-state index contributed by atoms with van der Waals surface area (Å²) in [5.74, 6) is -0.461. The fourth-order valence-corrected chi connectivity index (χ4v) is 4.47. The van der Waals surface area contributed by atoms with E-state index in [-0.39, 0.29) is 11.9 Å². The summed E-state index contributed by atoms with van der Waals surface area (Å²) in [7, 11) is 0. The van der Waals surface area contributed by atoms with Crippen molar-refractivity contribution in [2.45, 2.75) is 77.4 Å². The molecule has 1 aliphatic rings. The molecule has 0 saturated carbocycles. The topological polar surface area (TPSA) is 132 Å². The minimum absolute atomic E-state index is 0.183. The van der Waals surface area contributed by atoms with E-state index in [1.807, 2.05) is 32.7 Å². The van der Waals surface area contributed by atoms with Crippen molar-refractivity contribution in [3.8, 4) is 0 Å². The first kappa shape index (κ1) is 32.1. The molecule has 3 rings (SSSR count). The number of hydrogen-bond donors (Lipinski definition) is 5. The van der Waals surface area contributed by atoms with Crippen molar-refractivity contribution in [2.75, 3.05) is 18.4 Å². The van der Waals surface area contributed by atoms with Crippen LogP contribution in [0.15, 0.2) is 48.7 Å². The van der Waals surface area contributed by atoms with Crippen LogP contribution in [0.4, 0.5) is 23.8 Å². The highest BCUT2D eigenvalue weighted by Gasteiger charge is 2.36. The van der Waals surface area contributed by atoms with E-state index in [0.717, 1.165) is 17.7 Å². The van der Waals surface area contributed by atoms with Gasteiger partial charge in [-0.1, -0.05) is 58.4 Å². The van der Waals surface area contributed by atoms with Crippen LogP contribution in [0.2, 0.25) is 0 Å². The third kappa shape index (κ3) is 9.03. The first-order valence-corrected chi connectivity index (χ1v) is 13.5. The Morgan fingerprint density at radius 3 is 2.46 bits per heavy atom. The maximum atomic E-state index is 13.1. The number of ether oxygens (including phenoxy) is 1. The second-order valence-corrected chi connectivity index (χ2v) is 11.2. The number of H-pyrrole nitrogens is 1.